The molecule has 1 aliphatic carbocycles. The minimum Gasteiger partial charge on any atom is -0.616 e. The van der Waals surface area contributed by atoms with Crippen molar-refractivity contribution in [2.75, 3.05) is 30.4 Å². The number of halogens is 2. The lowest BCUT2D eigenvalue weighted by Crippen LogP contribution is -2.50. The lowest BCUT2D eigenvalue weighted by molar-refractivity contribution is -0.135. The van der Waals surface area contributed by atoms with Gasteiger partial charge in [0.2, 0.25) is 5.91 Å². The topological polar surface area (TPSA) is 122 Å². The molecule has 5 rings (SSSR count). The second-order valence-electron chi connectivity index (χ2n) is 9.23. The predicted molar refractivity (Wildman–Crippen MR) is 125 cm³/mol. The third-order valence-corrected chi connectivity index (χ3v) is 8.21. The summed E-state index contributed by atoms with van der Waals surface area (Å²) in [6, 6.07) is 6.60. The number of hydrogen-bond acceptors (Lipinski definition) is 5. The van der Waals surface area contributed by atoms with Crippen LogP contribution < -0.4 is 10.6 Å². The molecule has 2 aromatic carbocycles. The quantitative estimate of drug-likeness (QED) is 0.468. The van der Waals surface area contributed by atoms with Crippen molar-refractivity contribution in [1.29, 1.82) is 0 Å². The van der Waals surface area contributed by atoms with E-state index in [-0.39, 0.29) is 23.0 Å². The number of amides is 5. The number of urea groups is 1. The van der Waals surface area contributed by atoms with Gasteiger partial charge in [0.1, 0.15) is 35.5 Å². The van der Waals surface area contributed by atoms with Crippen LogP contribution in [-0.4, -0.2) is 68.7 Å². The van der Waals surface area contributed by atoms with E-state index in [0.717, 1.165) is 23.3 Å². The molecule has 2 fully saturated rings. The Morgan fingerprint density at radius 1 is 1.14 bits per heavy atom. The molecule has 0 aromatic heterocycles. The Kier molecular flexibility index (Phi) is 5.95. The van der Waals surface area contributed by atoms with Crippen LogP contribution in [0.4, 0.5) is 19.3 Å². The molecule has 2 heterocycles. The molecule has 2 saturated heterocycles. The van der Waals surface area contributed by atoms with Crippen molar-refractivity contribution < 1.29 is 32.5 Å². The van der Waals surface area contributed by atoms with Crippen LogP contribution in [0.3, 0.4) is 0 Å². The fourth-order valence-corrected chi connectivity index (χ4v) is 6.38. The highest BCUT2D eigenvalue weighted by Gasteiger charge is 2.54. The summed E-state index contributed by atoms with van der Waals surface area (Å²) in [6.07, 6.45) is 0.652. The fraction of sp³-hybridized carbons (Fsp3) is 0.333. The summed E-state index contributed by atoms with van der Waals surface area (Å²) in [5.41, 5.74) is 1.25. The summed E-state index contributed by atoms with van der Waals surface area (Å²) in [5.74, 6) is -3.46. The van der Waals surface area contributed by atoms with Crippen molar-refractivity contribution in [1.82, 2.24) is 15.1 Å². The normalized spacial score (nSPS) is 25.4. The van der Waals surface area contributed by atoms with Gasteiger partial charge in [-0.15, -0.1) is 0 Å². The van der Waals surface area contributed by atoms with Gasteiger partial charge in [0, 0.05) is 31.6 Å². The van der Waals surface area contributed by atoms with Gasteiger partial charge in [-0.05, 0) is 52.1 Å². The van der Waals surface area contributed by atoms with Crippen LogP contribution in [0.2, 0.25) is 0 Å². The molecule has 9 nitrogen and oxygen atoms in total. The highest BCUT2D eigenvalue weighted by atomic mass is 32.2. The molecule has 5 amide bonds. The largest absolute Gasteiger partial charge is 0.616 e. The Morgan fingerprint density at radius 3 is 2.50 bits per heavy atom. The maximum Gasteiger partial charge on any atom is 0.324 e. The van der Waals surface area contributed by atoms with Crippen molar-refractivity contribution in [2.24, 2.45) is 0 Å². The summed E-state index contributed by atoms with van der Waals surface area (Å²) in [7, 11) is 1.57. The number of carbonyl (C=O) groups excluding carboxylic acids is 4. The average Bonchev–Trinajstić information content (AvgIpc) is 3.27. The van der Waals surface area contributed by atoms with Gasteiger partial charge < -0.3 is 19.7 Å². The van der Waals surface area contributed by atoms with Gasteiger partial charge in [-0.1, -0.05) is 6.07 Å². The number of rotatable bonds is 4. The van der Waals surface area contributed by atoms with Crippen LogP contribution in [0.5, 0.6) is 0 Å². The van der Waals surface area contributed by atoms with Crippen LogP contribution in [0, 0.1) is 11.6 Å². The number of hydrogen-bond donors (Lipinski definition) is 2. The number of nitrogens with zero attached hydrogens (tertiary/aromatic N) is 2. The van der Waals surface area contributed by atoms with Crippen molar-refractivity contribution in [3.8, 4) is 0 Å². The highest BCUT2D eigenvalue weighted by molar-refractivity contribution is 7.92. The summed E-state index contributed by atoms with van der Waals surface area (Å²) < 4.78 is 39.7. The molecule has 0 saturated carbocycles. The molecular weight excluding hydrogens is 494 g/mol. The summed E-state index contributed by atoms with van der Waals surface area (Å²) in [6.45, 7) is -0.403. The fourth-order valence-electron chi connectivity index (χ4n) is 5.09. The first-order chi connectivity index (χ1) is 17.1. The third kappa shape index (κ3) is 4.20. The predicted octanol–water partition coefficient (Wildman–Crippen LogP) is 1.25. The van der Waals surface area contributed by atoms with Gasteiger partial charge in [-0.2, -0.15) is 0 Å². The molecule has 1 spiro atoms. The van der Waals surface area contributed by atoms with Crippen LogP contribution in [-0.2, 0) is 38.4 Å². The first-order valence-electron chi connectivity index (χ1n) is 11.2. The van der Waals surface area contributed by atoms with Crippen LogP contribution >= 0.6 is 0 Å². The number of fused-ring (bicyclic) bond motifs is 1. The Hall–Kier alpha value is -3.51. The number of likely N-dealkylation sites (N-methyl/N-ethyl adjacent to an activating group) is 1. The smallest absolute Gasteiger partial charge is 0.324 e. The maximum atomic E-state index is 13.8. The molecule has 2 aromatic rings. The molecule has 36 heavy (non-hydrogen) atoms. The zero-order chi connectivity index (χ0) is 25.8. The van der Waals surface area contributed by atoms with Gasteiger partial charge >= 0.3 is 6.03 Å². The molecule has 2 N–H and O–H groups in total. The zero-order valence-corrected chi connectivity index (χ0v) is 20.0. The summed E-state index contributed by atoms with van der Waals surface area (Å²) in [4.78, 5) is 52.5. The monoisotopic (exact) mass is 516 g/mol. The zero-order valence-electron chi connectivity index (χ0n) is 19.2. The molecule has 0 bridgehead atoms. The van der Waals surface area contributed by atoms with Gasteiger partial charge in [-0.3, -0.25) is 19.7 Å². The molecule has 3 atom stereocenters. The summed E-state index contributed by atoms with van der Waals surface area (Å²) in [5, 5.41) is 5.05. The minimum atomic E-state index is -1.53. The molecule has 0 radical (unpaired) electrons. The maximum absolute atomic E-state index is 13.8. The molecule has 3 aliphatic rings. The number of carbonyl (C=O) groups is 4. The van der Waals surface area contributed by atoms with E-state index in [2.05, 4.69) is 10.6 Å². The Bertz CT molecular complexity index is 1290. The van der Waals surface area contributed by atoms with Crippen molar-refractivity contribution in [2.45, 2.75) is 24.4 Å². The lowest BCUT2D eigenvalue weighted by Gasteiger charge is -2.35. The highest BCUT2D eigenvalue weighted by Crippen LogP contribution is 2.38. The third-order valence-electron chi connectivity index (χ3n) is 6.95. The Morgan fingerprint density at radius 2 is 1.83 bits per heavy atom. The Balaban J connectivity index is 1.32. The second-order valence-corrected chi connectivity index (χ2v) is 10.7. The van der Waals surface area contributed by atoms with E-state index < -0.39 is 58.8 Å². The molecule has 1 unspecified atom stereocenters. The number of imide groups is 1. The first-order valence-corrected chi connectivity index (χ1v) is 12.7. The van der Waals surface area contributed by atoms with E-state index in [9.17, 15) is 32.5 Å². The van der Waals surface area contributed by atoms with E-state index in [1.54, 1.807) is 25.2 Å². The average molecular weight is 517 g/mol. The van der Waals surface area contributed by atoms with E-state index in [4.69, 9.17) is 0 Å². The first kappa shape index (κ1) is 24.2. The van der Waals surface area contributed by atoms with Gasteiger partial charge in [0.25, 0.3) is 11.8 Å². The second kappa shape index (κ2) is 8.86. The summed E-state index contributed by atoms with van der Waals surface area (Å²) >= 11 is -1.53. The molecule has 12 heteroatoms. The molecular formula is C24H22F2N4O5S. The van der Waals surface area contributed by atoms with E-state index >= 15 is 0 Å². The van der Waals surface area contributed by atoms with Crippen molar-refractivity contribution in [3.63, 3.8) is 0 Å². The SMILES string of the molecule is CN1C(=O)NC(=O)[C@@]12Cc1ccc(NC(=O)CN3C(=O)C[S+]([O-])C[C@H]3c3cc(F)cc(F)c3)cc1C2. The Labute approximate surface area is 208 Å². The van der Waals surface area contributed by atoms with Gasteiger partial charge in [0.05, 0.1) is 0 Å². The number of benzene rings is 2. The van der Waals surface area contributed by atoms with Crippen LogP contribution in [0.1, 0.15) is 22.7 Å². The molecule has 188 valence electrons. The van der Waals surface area contributed by atoms with Crippen molar-refractivity contribution >= 4 is 40.6 Å². The molecule has 2 aliphatic heterocycles. The number of nitrogens with one attached hydrogen (secondary N) is 2. The van der Waals surface area contributed by atoms with Gasteiger partial charge in [0.15, 0.2) is 5.75 Å². The minimum absolute atomic E-state index is 0.0445. The standard InChI is InChI=1S/C24H22F2N4O5S/c1-29-23(34)28-22(33)24(29)8-13-2-3-18(6-15(13)9-24)27-20(31)10-30-19(11-36(35)12-21(30)32)14-4-16(25)7-17(26)5-14/h2-7,19H,8-12H2,1H3,(H,27,31)(H,28,33,34)/t19-,24-,36?/m0/s1. The van der Waals surface area contributed by atoms with E-state index in [1.807, 2.05) is 0 Å². The van der Waals surface area contributed by atoms with E-state index in [0.29, 0.717) is 24.6 Å². The lowest BCUT2D eigenvalue weighted by atomic mass is 9.95. The van der Waals surface area contributed by atoms with E-state index in [1.165, 1.54) is 9.80 Å². The van der Waals surface area contributed by atoms with Crippen molar-refractivity contribution in [3.05, 3.63) is 64.7 Å². The number of anilines is 1. The van der Waals surface area contributed by atoms with Crippen LogP contribution in [0.25, 0.3) is 0 Å². The van der Waals surface area contributed by atoms with Crippen LogP contribution in [0.15, 0.2) is 36.4 Å². The van der Waals surface area contributed by atoms with Gasteiger partial charge in [-0.25, -0.2) is 13.6 Å².